The molecule has 3 N–H and O–H groups in total. The van der Waals surface area contributed by atoms with E-state index < -0.39 is 18.6 Å². The molecule has 1 rings (SSSR count). The van der Waals surface area contributed by atoms with Crippen molar-refractivity contribution in [1.29, 1.82) is 0 Å². The third-order valence-corrected chi connectivity index (χ3v) is 2.44. The molecule has 106 valence electrons. The number of para-hydroxylation sites is 1. The van der Waals surface area contributed by atoms with E-state index in [2.05, 4.69) is 10.1 Å². The summed E-state index contributed by atoms with van der Waals surface area (Å²) in [6.07, 6.45) is -5.17. The van der Waals surface area contributed by atoms with Gasteiger partial charge in [0.15, 0.2) is 0 Å². The first-order valence-corrected chi connectivity index (χ1v) is 5.62. The number of anilines is 2. The lowest BCUT2D eigenvalue weighted by Crippen LogP contribution is -2.14. The summed E-state index contributed by atoms with van der Waals surface area (Å²) < 4.78 is 40.6. The van der Waals surface area contributed by atoms with E-state index in [0.29, 0.717) is 5.69 Å². The number of hydrogen-bond donors (Lipinski definition) is 2. The lowest BCUT2D eigenvalue weighted by molar-refractivity contribution is -0.134. The molecule has 0 aliphatic rings. The summed E-state index contributed by atoms with van der Waals surface area (Å²) in [5.74, 6) is -0.592. The molecular weight excluding hydrogens is 261 g/mol. The predicted molar refractivity (Wildman–Crippen MR) is 66.0 cm³/mol. The maximum absolute atomic E-state index is 12.0. The average molecular weight is 276 g/mol. The number of nitrogens with one attached hydrogen (secondary N) is 1. The van der Waals surface area contributed by atoms with Gasteiger partial charge in [0.1, 0.15) is 0 Å². The molecule has 0 bridgehead atoms. The van der Waals surface area contributed by atoms with Crippen LogP contribution in [-0.4, -0.2) is 25.8 Å². The maximum atomic E-state index is 12.0. The molecule has 1 aromatic rings. The molecule has 0 aliphatic carbocycles. The van der Waals surface area contributed by atoms with Gasteiger partial charge in [-0.15, -0.1) is 0 Å². The molecule has 0 saturated carbocycles. The van der Waals surface area contributed by atoms with E-state index in [1.165, 1.54) is 13.2 Å². The Morgan fingerprint density at radius 2 is 2.11 bits per heavy atom. The van der Waals surface area contributed by atoms with Gasteiger partial charge in [-0.25, -0.2) is 4.79 Å². The molecular formula is C12H15F3N2O2. The number of hydrogen-bond acceptors (Lipinski definition) is 4. The number of benzene rings is 1. The first kappa shape index (κ1) is 15.1. The normalized spacial score (nSPS) is 11.2. The van der Waals surface area contributed by atoms with Crippen LogP contribution in [0.3, 0.4) is 0 Å². The van der Waals surface area contributed by atoms with Gasteiger partial charge in [0.05, 0.1) is 24.0 Å². The highest BCUT2D eigenvalue weighted by Crippen LogP contribution is 2.25. The Hall–Kier alpha value is -1.92. The Bertz CT molecular complexity index is 447. The number of ether oxygens (including phenoxy) is 1. The van der Waals surface area contributed by atoms with Gasteiger partial charge in [-0.05, 0) is 18.6 Å². The summed E-state index contributed by atoms with van der Waals surface area (Å²) >= 11 is 0. The van der Waals surface area contributed by atoms with Crippen molar-refractivity contribution in [3.05, 3.63) is 23.8 Å². The average Bonchev–Trinajstić information content (AvgIpc) is 2.33. The van der Waals surface area contributed by atoms with Crippen LogP contribution in [0.2, 0.25) is 0 Å². The monoisotopic (exact) mass is 276 g/mol. The quantitative estimate of drug-likeness (QED) is 0.493. The first-order valence-electron chi connectivity index (χ1n) is 5.62. The smallest absolute Gasteiger partial charge is 0.389 e. The van der Waals surface area contributed by atoms with Gasteiger partial charge in [0.25, 0.3) is 0 Å². The predicted octanol–water partition coefficient (Wildman–Crippen LogP) is 2.81. The minimum atomic E-state index is -4.19. The molecule has 0 aliphatic heterocycles. The molecule has 0 heterocycles. The summed E-state index contributed by atoms with van der Waals surface area (Å²) in [7, 11) is 1.22. The van der Waals surface area contributed by atoms with Crippen LogP contribution in [0.25, 0.3) is 0 Å². The number of nitrogen functional groups attached to an aromatic ring is 1. The van der Waals surface area contributed by atoms with Crippen LogP contribution in [0.15, 0.2) is 18.2 Å². The third kappa shape index (κ3) is 4.69. The Labute approximate surface area is 108 Å². The minimum absolute atomic E-state index is 0.0672. The lowest BCUT2D eigenvalue weighted by atomic mass is 10.1. The molecule has 7 heteroatoms. The zero-order chi connectivity index (χ0) is 14.5. The van der Waals surface area contributed by atoms with Crippen LogP contribution in [0.4, 0.5) is 24.5 Å². The third-order valence-electron chi connectivity index (χ3n) is 2.44. The van der Waals surface area contributed by atoms with Crippen LogP contribution in [0.1, 0.15) is 23.2 Å². The molecule has 0 spiro atoms. The Kier molecular flexibility index (Phi) is 5.02. The van der Waals surface area contributed by atoms with Gasteiger partial charge < -0.3 is 15.8 Å². The second-order valence-electron chi connectivity index (χ2n) is 3.91. The summed E-state index contributed by atoms with van der Waals surface area (Å²) in [5, 5.41) is 2.74. The van der Waals surface area contributed by atoms with Gasteiger partial charge >= 0.3 is 12.1 Å². The van der Waals surface area contributed by atoms with E-state index in [4.69, 9.17) is 5.73 Å². The standard InChI is InChI=1S/C12H15F3N2O2/c1-19-11(18)8-4-2-5-9(16)10(8)17-7-3-6-12(13,14)15/h2,4-5,17H,3,6-7,16H2,1H3. The van der Waals surface area contributed by atoms with Gasteiger partial charge in [-0.3, -0.25) is 0 Å². The van der Waals surface area contributed by atoms with Crippen molar-refractivity contribution in [3.8, 4) is 0 Å². The molecule has 4 nitrogen and oxygen atoms in total. The molecule has 0 amide bonds. The number of halogens is 3. The van der Waals surface area contributed by atoms with Gasteiger partial charge in [-0.2, -0.15) is 13.2 Å². The molecule has 19 heavy (non-hydrogen) atoms. The second kappa shape index (κ2) is 6.31. The fourth-order valence-corrected chi connectivity index (χ4v) is 1.55. The molecule has 0 fully saturated rings. The zero-order valence-electron chi connectivity index (χ0n) is 10.4. The number of rotatable bonds is 5. The van der Waals surface area contributed by atoms with Crippen LogP contribution in [-0.2, 0) is 4.74 Å². The van der Waals surface area contributed by atoms with E-state index >= 15 is 0 Å². The van der Waals surface area contributed by atoms with E-state index in [9.17, 15) is 18.0 Å². The van der Waals surface area contributed by atoms with Gasteiger partial charge in [0, 0.05) is 13.0 Å². The molecule has 0 atom stereocenters. The number of nitrogens with two attached hydrogens (primary N) is 1. The van der Waals surface area contributed by atoms with Crippen molar-refractivity contribution in [2.45, 2.75) is 19.0 Å². The molecule has 0 unspecified atom stereocenters. The van der Waals surface area contributed by atoms with Gasteiger partial charge in [0.2, 0.25) is 0 Å². The number of carbonyl (C=O) groups excluding carboxylic acids is 1. The van der Waals surface area contributed by atoms with Crippen molar-refractivity contribution in [1.82, 2.24) is 0 Å². The van der Waals surface area contributed by atoms with Crippen molar-refractivity contribution < 1.29 is 22.7 Å². The van der Waals surface area contributed by atoms with Crippen LogP contribution < -0.4 is 11.1 Å². The summed E-state index contributed by atoms with van der Waals surface area (Å²) in [5.41, 5.74) is 6.48. The first-order chi connectivity index (χ1) is 8.85. The highest BCUT2D eigenvalue weighted by atomic mass is 19.4. The van der Waals surface area contributed by atoms with Crippen molar-refractivity contribution in [3.63, 3.8) is 0 Å². The van der Waals surface area contributed by atoms with E-state index in [1.54, 1.807) is 12.1 Å². The summed E-state index contributed by atoms with van der Waals surface area (Å²) in [4.78, 5) is 11.5. The zero-order valence-corrected chi connectivity index (χ0v) is 10.4. The Morgan fingerprint density at radius 1 is 1.42 bits per heavy atom. The van der Waals surface area contributed by atoms with Gasteiger partial charge in [-0.1, -0.05) is 6.07 Å². The number of alkyl halides is 3. The SMILES string of the molecule is COC(=O)c1cccc(N)c1NCCCC(F)(F)F. The highest BCUT2D eigenvalue weighted by molar-refractivity contribution is 5.98. The Balaban J connectivity index is 2.69. The molecule has 1 aromatic carbocycles. The van der Waals surface area contributed by atoms with Crippen LogP contribution >= 0.6 is 0 Å². The highest BCUT2D eigenvalue weighted by Gasteiger charge is 2.26. The van der Waals surface area contributed by atoms with E-state index in [0.717, 1.165) is 0 Å². The summed E-state index contributed by atoms with van der Waals surface area (Å²) in [6, 6.07) is 4.62. The molecule has 0 radical (unpaired) electrons. The molecule has 0 saturated heterocycles. The number of carbonyl (C=O) groups is 1. The number of methoxy groups -OCH3 is 1. The second-order valence-corrected chi connectivity index (χ2v) is 3.91. The van der Waals surface area contributed by atoms with Crippen LogP contribution in [0.5, 0.6) is 0 Å². The van der Waals surface area contributed by atoms with E-state index in [-0.39, 0.29) is 24.2 Å². The van der Waals surface area contributed by atoms with Crippen molar-refractivity contribution in [2.24, 2.45) is 0 Å². The lowest BCUT2D eigenvalue weighted by Gasteiger charge is -2.13. The van der Waals surface area contributed by atoms with Crippen molar-refractivity contribution in [2.75, 3.05) is 24.7 Å². The van der Waals surface area contributed by atoms with Crippen molar-refractivity contribution >= 4 is 17.3 Å². The fraction of sp³-hybridized carbons (Fsp3) is 0.417. The molecule has 0 aromatic heterocycles. The Morgan fingerprint density at radius 3 is 2.68 bits per heavy atom. The minimum Gasteiger partial charge on any atom is -0.465 e. The maximum Gasteiger partial charge on any atom is 0.389 e. The topological polar surface area (TPSA) is 64.3 Å². The summed E-state index contributed by atoms with van der Waals surface area (Å²) in [6.45, 7) is 0.0672. The number of esters is 1. The van der Waals surface area contributed by atoms with E-state index in [1.807, 2.05) is 0 Å². The fourth-order valence-electron chi connectivity index (χ4n) is 1.55. The largest absolute Gasteiger partial charge is 0.465 e. The van der Waals surface area contributed by atoms with Crippen LogP contribution in [0, 0.1) is 0 Å².